The Hall–Kier alpha value is 0.01000. The van der Waals surface area contributed by atoms with Crippen LogP contribution in [0.4, 0.5) is 0 Å². The van der Waals surface area contributed by atoms with Gasteiger partial charge in [-0.2, -0.15) is 0 Å². The molecule has 0 aromatic heterocycles. The number of halogens is 4. The summed E-state index contributed by atoms with van der Waals surface area (Å²) in [6, 6.07) is 6.48. The Bertz CT molecular complexity index is 410. The average molecular weight is 300 g/mol. The predicted octanol–water partition coefficient (Wildman–Crippen LogP) is 3.66. The van der Waals surface area contributed by atoms with E-state index in [1.807, 2.05) is 0 Å². The van der Waals surface area contributed by atoms with Crippen molar-refractivity contribution < 1.29 is 9.53 Å². The second kappa shape index (κ2) is 4.35. The summed E-state index contributed by atoms with van der Waals surface area (Å²) in [6.07, 6.45) is -1.34. The lowest BCUT2D eigenvalue weighted by Crippen LogP contribution is -2.19. The third-order valence-corrected chi connectivity index (χ3v) is 3.10. The fourth-order valence-electron chi connectivity index (χ4n) is 1.34. The number of benzene rings is 1. The summed E-state index contributed by atoms with van der Waals surface area (Å²) < 4.78 is 3.49. The smallest absolute Gasteiger partial charge is 0.219 e. The van der Waals surface area contributed by atoms with Crippen LogP contribution in [0.5, 0.6) is 0 Å². The van der Waals surface area contributed by atoms with Gasteiger partial charge in [0.15, 0.2) is 11.9 Å². The molecule has 16 heavy (non-hydrogen) atoms. The van der Waals surface area contributed by atoms with Crippen LogP contribution in [-0.2, 0) is 4.74 Å². The Morgan fingerprint density at radius 1 is 1.19 bits per heavy atom. The van der Waals surface area contributed by atoms with E-state index in [0.717, 1.165) is 0 Å². The maximum Gasteiger partial charge on any atom is 0.219 e. The van der Waals surface area contributed by atoms with Gasteiger partial charge in [0.1, 0.15) is 6.10 Å². The van der Waals surface area contributed by atoms with Crippen LogP contribution in [-0.4, -0.2) is 21.8 Å². The van der Waals surface area contributed by atoms with Gasteiger partial charge >= 0.3 is 0 Å². The SMILES string of the molecule is O=C(c1ccc(Cl)cc1)C1OC1C(Cl)(Cl)Cl. The highest BCUT2D eigenvalue weighted by Crippen LogP contribution is 2.44. The monoisotopic (exact) mass is 298 g/mol. The van der Waals surface area contributed by atoms with Gasteiger partial charge in [-0.1, -0.05) is 46.4 Å². The van der Waals surface area contributed by atoms with E-state index in [-0.39, 0.29) is 5.78 Å². The Morgan fingerprint density at radius 2 is 1.75 bits per heavy atom. The molecule has 1 aromatic rings. The Kier molecular flexibility index (Phi) is 3.39. The van der Waals surface area contributed by atoms with Crippen LogP contribution < -0.4 is 0 Å². The highest BCUT2D eigenvalue weighted by molar-refractivity contribution is 6.68. The van der Waals surface area contributed by atoms with E-state index in [1.54, 1.807) is 24.3 Å². The van der Waals surface area contributed by atoms with Crippen LogP contribution in [0.1, 0.15) is 10.4 Å². The van der Waals surface area contributed by atoms with Gasteiger partial charge < -0.3 is 4.74 Å². The van der Waals surface area contributed by atoms with E-state index in [9.17, 15) is 4.79 Å². The molecule has 1 fully saturated rings. The fraction of sp³-hybridized carbons (Fsp3) is 0.300. The lowest BCUT2D eigenvalue weighted by atomic mass is 10.1. The maximum atomic E-state index is 11.8. The molecule has 1 aromatic carbocycles. The van der Waals surface area contributed by atoms with Crippen molar-refractivity contribution in [2.24, 2.45) is 0 Å². The minimum Gasteiger partial charge on any atom is -0.356 e. The molecular weight excluding hydrogens is 294 g/mol. The molecule has 1 aliphatic heterocycles. The van der Waals surface area contributed by atoms with Crippen LogP contribution in [0, 0.1) is 0 Å². The number of rotatable bonds is 2. The molecule has 0 spiro atoms. The number of ether oxygens (including phenoxy) is 1. The third-order valence-electron chi connectivity index (χ3n) is 2.20. The van der Waals surface area contributed by atoms with E-state index in [2.05, 4.69) is 0 Å². The van der Waals surface area contributed by atoms with Crippen molar-refractivity contribution in [2.75, 3.05) is 0 Å². The molecule has 2 rings (SSSR count). The number of carbonyl (C=O) groups excluding carboxylic acids is 1. The van der Waals surface area contributed by atoms with Crippen molar-refractivity contribution in [3.05, 3.63) is 34.9 Å². The first-order chi connectivity index (χ1) is 7.39. The number of ketones is 1. The third kappa shape index (κ3) is 2.63. The van der Waals surface area contributed by atoms with Gasteiger partial charge in [-0.25, -0.2) is 0 Å². The number of carbonyl (C=O) groups is 1. The zero-order valence-corrected chi connectivity index (χ0v) is 10.8. The zero-order valence-electron chi connectivity index (χ0n) is 7.79. The molecule has 86 valence electrons. The van der Waals surface area contributed by atoms with Gasteiger partial charge in [0, 0.05) is 10.6 Å². The molecule has 2 nitrogen and oxygen atoms in total. The van der Waals surface area contributed by atoms with Crippen molar-refractivity contribution in [1.82, 2.24) is 0 Å². The topological polar surface area (TPSA) is 29.6 Å². The zero-order chi connectivity index (χ0) is 11.9. The van der Waals surface area contributed by atoms with Crippen molar-refractivity contribution in [3.8, 4) is 0 Å². The molecule has 0 bridgehead atoms. The van der Waals surface area contributed by atoms with E-state index < -0.39 is 16.0 Å². The van der Waals surface area contributed by atoms with Crippen LogP contribution in [0.25, 0.3) is 0 Å². The molecule has 0 N–H and O–H groups in total. The van der Waals surface area contributed by atoms with Gasteiger partial charge in [-0.15, -0.1) is 0 Å². The van der Waals surface area contributed by atoms with Crippen LogP contribution >= 0.6 is 46.4 Å². The standard InChI is InChI=1S/C10H6Cl4O2/c11-6-3-1-5(2-4-6)7(15)8-9(16-8)10(12,13)14/h1-4,8-9H. The number of Topliss-reactive ketones (excluding diaryl/α,β-unsaturated/α-hetero) is 1. The summed E-state index contributed by atoms with van der Waals surface area (Å²) in [5.74, 6) is -0.201. The number of hydrogen-bond acceptors (Lipinski definition) is 2. The molecular formula is C10H6Cl4O2. The molecule has 0 radical (unpaired) electrons. The minimum atomic E-state index is -1.56. The highest BCUT2D eigenvalue weighted by atomic mass is 35.6. The van der Waals surface area contributed by atoms with E-state index in [1.165, 1.54) is 0 Å². The second-order valence-corrected chi connectivity index (χ2v) is 6.20. The molecule has 2 unspecified atom stereocenters. The van der Waals surface area contributed by atoms with Crippen LogP contribution in [0.2, 0.25) is 5.02 Å². The Labute approximate surface area is 112 Å². The largest absolute Gasteiger partial charge is 0.356 e. The van der Waals surface area contributed by atoms with Gasteiger partial charge in [-0.3, -0.25) is 4.79 Å². The van der Waals surface area contributed by atoms with Crippen LogP contribution in [0.15, 0.2) is 24.3 Å². The predicted molar refractivity (Wildman–Crippen MR) is 64.7 cm³/mol. The molecule has 1 aliphatic rings. The quantitative estimate of drug-likeness (QED) is 0.474. The molecule has 0 saturated carbocycles. The Balaban J connectivity index is 2.08. The second-order valence-electron chi connectivity index (χ2n) is 3.39. The van der Waals surface area contributed by atoms with Crippen LogP contribution in [0.3, 0.4) is 0 Å². The summed E-state index contributed by atoms with van der Waals surface area (Å²) in [7, 11) is 0. The average Bonchev–Trinajstić information content (AvgIpc) is 2.96. The lowest BCUT2D eigenvalue weighted by Gasteiger charge is -2.05. The summed E-state index contributed by atoms with van der Waals surface area (Å²) in [6.45, 7) is 0. The summed E-state index contributed by atoms with van der Waals surface area (Å²) in [5.41, 5.74) is 0.492. The first-order valence-corrected chi connectivity index (χ1v) is 5.93. The van der Waals surface area contributed by atoms with E-state index in [4.69, 9.17) is 51.1 Å². The van der Waals surface area contributed by atoms with Gasteiger partial charge in [0.2, 0.25) is 3.79 Å². The summed E-state index contributed by atoms with van der Waals surface area (Å²) in [5, 5.41) is 0.561. The van der Waals surface area contributed by atoms with Crippen molar-refractivity contribution in [2.45, 2.75) is 16.0 Å². The fourth-order valence-corrected chi connectivity index (χ4v) is 1.96. The molecule has 2 atom stereocenters. The molecule has 0 amide bonds. The van der Waals surface area contributed by atoms with Gasteiger partial charge in [0.05, 0.1) is 0 Å². The van der Waals surface area contributed by atoms with Crippen molar-refractivity contribution >= 4 is 52.2 Å². The molecule has 1 heterocycles. The number of hydrogen-bond donors (Lipinski definition) is 0. The van der Waals surface area contributed by atoms with Gasteiger partial charge in [0.25, 0.3) is 0 Å². The van der Waals surface area contributed by atoms with Crippen molar-refractivity contribution in [3.63, 3.8) is 0 Å². The van der Waals surface area contributed by atoms with E-state index in [0.29, 0.717) is 10.6 Å². The normalized spacial score (nSPS) is 24.2. The first-order valence-electron chi connectivity index (χ1n) is 4.41. The molecule has 0 aliphatic carbocycles. The number of alkyl halides is 3. The number of epoxide rings is 1. The Morgan fingerprint density at radius 3 is 2.19 bits per heavy atom. The van der Waals surface area contributed by atoms with Gasteiger partial charge in [-0.05, 0) is 24.3 Å². The first kappa shape index (κ1) is 12.5. The highest BCUT2D eigenvalue weighted by Gasteiger charge is 2.56. The molecule has 1 saturated heterocycles. The van der Waals surface area contributed by atoms with E-state index >= 15 is 0 Å². The molecule has 6 heteroatoms. The maximum absolute atomic E-state index is 11.8. The van der Waals surface area contributed by atoms with Crippen molar-refractivity contribution in [1.29, 1.82) is 0 Å². The summed E-state index contributed by atoms with van der Waals surface area (Å²) >= 11 is 22.6. The lowest BCUT2D eigenvalue weighted by molar-refractivity contribution is 0.0953. The summed E-state index contributed by atoms with van der Waals surface area (Å²) in [4.78, 5) is 11.8. The minimum absolute atomic E-state index is 0.201.